The first kappa shape index (κ1) is 16.0. The molecule has 0 saturated carbocycles. The second kappa shape index (κ2) is 6.92. The molecule has 0 aromatic rings. The highest BCUT2D eigenvalue weighted by molar-refractivity contribution is 5.76. The first-order valence-corrected chi connectivity index (χ1v) is 7.27. The molecule has 0 aromatic carbocycles. The van der Waals surface area contributed by atoms with E-state index >= 15 is 0 Å². The fraction of sp³-hybridized carbons (Fsp3) is 0.867. The molecule has 1 aliphatic heterocycles. The summed E-state index contributed by atoms with van der Waals surface area (Å²) in [5, 5.41) is 8.67. The molecule has 0 bridgehead atoms. The van der Waals surface area contributed by atoms with Crippen molar-refractivity contribution in [3.8, 4) is 0 Å². The minimum absolute atomic E-state index is 0.204. The molecule has 1 fully saturated rings. The van der Waals surface area contributed by atoms with Gasteiger partial charge in [-0.2, -0.15) is 0 Å². The average molecular weight is 269 g/mol. The number of carbonyl (C=O) groups is 2. The standard InChI is InChI=1S/C15H27NO3/c1-15(2,3)9-6-13(17)16-10-7-12(8-11-16)4-5-14(18)19/h12H,4-11H2,1-3H3,(H,18,19). The molecule has 0 aliphatic carbocycles. The molecule has 0 unspecified atom stereocenters. The van der Waals surface area contributed by atoms with E-state index in [0.717, 1.165) is 38.8 Å². The second-order valence-corrected chi connectivity index (χ2v) is 6.82. The summed E-state index contributed by atoms with van der Waals surface area (Å²) >= 11 is 0. The number of rotatable bonds is 5. The number of nitrogens with zero attached hydrogens (tertiary/aromatic N) is 1. The predicted octanol–water partition coefficient (Wildman–Crippen LogP) is 2.92. The van der Waals surface area contributed by atoms with Crippen molar-refractivity contribution in [2.45, 2.75) is 59.3 Å². The Morgan fingerprint density at radius 2 is 1.74 bits per heavy atom. The molecule has 0 atom stereocenters. The summed E-state index contributed by atoms with van der Waals surface area (Å²) < 4.78 is 0. The molecule has 0 radical (unpaired) electrons. The fourth-order valence-electron chi connectivity index (χ4n) is 2.44. The number of piperidine rings is 1. The van der Waals surface area contributed by atoms with Gasteiger partial charge in [0.1, 0.15) is 0 Å². The second-order valence-electron chi connectivity index (χ2n) is 6.82. The molecule has 1 rings (SSSR count). The van der Waals surface area contributed by atoms with Crippen LogP contribution >= 0.6 is 0 Å². The van der Waals surface area contributed by atoms with E-state index in [0.29, 0.717) is 12.3 Å². The van der Waals surface area contributed by atoms with Crippen LogP contribution in [0.1, 0.15) is 59.3 Å². The van der Waals surface area contributed by atoms with Crippen LogP contribution in [0.5, 0.6) is 0 Å². The monoisotopic (exact) mass is 269 g/mol. The smallest absolute Gasteiger partial charge is 0.303 e. The maximum atomic E-state index is 12.0. The van der Waals surface area contributed by atoms with Gasteiger partial charge in [-0.05, 0) is 37.0 Å². The van der Waals surface area contributed by atoms with Gasteiger partial charge in [-0.1, -0.05) is 20.8 Å². The van der Waals surface area contributed by atoms with Crippen molar-refractivity contribution >= 4 is 11.9 Å². The van der Waals surface area contributed by atoms with Gasteiger partial charge in [0.05, 0.1) is 0 Å². The third-order valence-electron chi connectivity index (χ3n) is 3.82. The minimum Gasteiger partial charge on any atom is -0.481 e. The normalized spacial score (nSPS) is 17.5. The summed E-state index contributed by atoms with van der Waals surface area (Å²) in [6, 6.07) is 0. The molecule has 4 heteroatoms. The summed E-state index contributed by atoms with van der Waals surface area (Å²) in [5.74, 6) is 0.0121. The van der Waals surface area contributed by atoms with Crippen molar-refractivity contribution in [1.82, 2.24) is 4.90 Å². The zero-order chi connectivity index (χ0) is 14.5. The van der Waals surface area contributed by atoms with E-state index in [4.69, 9.17) is 5.11 Å². The van der Waals surface area contributed by atoms with E-state index < -0.39 is 5.97 Å². The van der Waals surface area contributed by atoms with Crippen LogP contribution in [-0.2, 0) is 9.59 Å². The van der Waals surface area contributed by atoms with Gasteiger partial charge in [-0.3, -0.25) is 9.59 Å². The molecule has 1 heterocycles. The number of carbonyl (C=O) groups excluding carboxylic acids is 1. The van der Waals surface area contributed by atoms with Crippen molar-refractivity contribution < 1.29 is 14.7 Å². The van der Waals surface area contributed by atoms with E-state index in [-0.39, 0.29) is 17.7 Å². The van der Waals surface area contributed by atoms with Crippen LogP contribution in [0.25, 0.3) is 0 Å². The summed E-state index contributed by atoms with van der Waals surface area (Å²) in [6.45, 7) is 8.05. The van der Waals surface area contributed by atoms with Crippen molar-refractivity contribution in [1.29, 1.82) is 0 Å². The van der Waals surface area contributed by atoms with Crippen LogP contribution in [0.3, 0.4) is 0 Å². The van der Waals surface area contributed by atoms with Gasteiger partial charge in [0.25, 0.3) is 0 Å². The summed E-state index contributed by atoms with van der Waals surface area (Å²) in [4.78, 5) is 24.5. The SMILES string of the molecule is CC(C)(C)CCC(=O)N1CCC(CCC(=O)O)CC1. The Labute approximate surface area is 116 Å². The van der Waals surface area contributed by atoms with Gasteiger partial charge in [0.2, 0.25) is 5.91 Å². The van der Waals surface area contributed by atoms with Crippen molar-refractivity contribution in [3.05, 3.63) is 0 Å². The van der Waals surface area contributed by atoms with Crippen LogP contribution in [0, 0.1) is 11.3 Å². The van der Waals surface area contributed by atoms with E-state index in [1.807, 2.05) is 4.90 Å². The number of hydrogen-bond acceptors (Lipinski definition) is 2. The van der Waals surface area contributed by atoms with Crippen molar-refractivity contribution in [2.24, 2.45) is 11.3 Å². The molecule has 1 aliphatic rings. The predicted molar refractivity (Wildman–Crippen MR) is 74.9 cm³/mol. The first-order valence-electron chi connectivity index (χ1n) is 7.27. The third kappa shape index (κ3) is 6.60. The van der Waals surface area contributed by atoms with Crippen LogP contribution in [-0.4, -0.2) is 35.0 Å². The van der Waals surface area contributed by atoms with Gasteiger partial charge in [0, 0.05) is 25.9 Å². The number of amides is 1. The lowest BCUT2D eigenvalue weighted by Gasteiger charge is -2.32. The maximum absolute atomic E-state index is 12.0. The van der Waals surface area contributed by atoms with E-state index in [1.54, 1.807) is 0 Å². The number of carboxylic acids is 1. The molecule has 110 valence electrons. The Morgan fingerprint density at radius 3 is 2.21 bits per heavy atom. The zero-order valence-corrected chi connectivity index (χ0v) is 12.4. The van der Waals surface area contributed by atoms with Gasteiger partial charge in [-0.25, -0.2) is 0 Å². The average Bonchev–Trinajstić information content (AvgIpc) is 2.33. The van der Waals surface area contributed by atoms with Gasteiger partial charge in [0.15, 0.2) is 0 Å². The lowest BCUT2D eigenvalue weighted by Crippen LogP contribution is -2.38. The first-order chi connectivity index (χ1) is 8.78. The maximum Gasteiger partial charge on any atom is 0.303 e. The van der Waals surface area contributed by atoms with Gasteiger partial charge >= 0.3 is 5.97 Å². The molecule has 19 heavy (non-hydrogen) atoms. The molecular formula is C15H27NO3. The van der Waals surface area contributed by atoms with E-state index in [1.165, 1.54) is 0 Å². The van der Waals surface area contributed by atoms with E-state index in [9.17, 15) is 9.59 Å². The highest BCUT2D eigenvalue weighted by Crippen LogP contribution is 2.25. The lowest BCUT2D eigenvalue weighted by atomic mass is 9.89. The highest BCUT2D eigenvalue weighted by atomic mass is 16.4. The van der Waals surface area contributed by atoms with Gasteiger partial charge in [-0.15, -0.1) is 0 Å². The number of carboxylic acid groups (broad SMARTS) is 1. The number of likely N-dealkylation sites (tertiary alicyclic amines) is 1. The summed E-state index contributed by atoms with van der Waals surface area (Å²) in [6.07, 6.45) is 4.46. The minimum atomic E-state index is -0.719. The van der Waals surface area contributed by atoms with Crippen LogP contribution in [0.15, 0.2) is 0 Å². The highest BCUT2D eigenvalue weighted by Gasteiger charge is 2.24. The van der Waals surface area contributed by atoms with Crippen LogP contribution in [0.4, 0.5) is 0 Å². The van der Waals surface area contributed by atoms with Gasteiger partial charge < -0.3 is 10.0 Å². The molecule has 0 spiro atoms. The molecule has 1 N–H and O–H groups in total. The lowest BCUT2D eigenvalue weighted by molar-refractivity contribution is -0.138. The number of hydrogen-bond donors (Lipinski definition) is 1. The van der Waals surface area contributed by atoms with Crippen molar-refractivity contribution in [2.75, 3.05) is 13.1 Å². The Bertz CT molecular complexity index is 312. The Balaban J connectivity index is 2.25. The molecular weight excluding hydrogens is 242 g/mol. The van der Waals surface area contributed by atoms with E-state index in [2.05, 4.69) is 20.8 Å². The fourth-order valence-corrected chi connectivity index (χ4v) is 2.44. The quantitative estimate of drug-likeness (QED) is 0.835. The molecule has 0 aromatic heterocycles. The van der Waals surface area contributed by atoms with Crippen LogP contribution in [0.2, 0.25) is 0 Å². The topological polar surface area (TPSA) is 57.6 Å². The van der Waals surface area contributed by atoms with Crippen molar-refractivity contribution in [3.63, 3.8) is 0 Å². The zero-order valence-electron chi connectivity index (χ0n) is 12.4. The molecule has 1 saturated heterocycles. The molecule has 4 nitrogen and oxygen atoms in total. The number of aliphatic carboxylic acids is 1. The Kier molecular flexibility index (Phi) is 5.83. The Hall–Kier alpha value is -1.06. The third-order valence-corrected chi connectivity index (χ3v) is 3.82. The van der Waals surface area contributed by atoms with Crippen LogP contribution < -0.4 is 0 Å². The largest absolute Gasteiger partial charge is 0.481 e. The summed E-state index contributed by atoms with van der Waals surface area (Å²) in [5.41, 5.74) is 0.204. The summed E-state index contributed by atoms with van der Waals surface area (Å²) in [7, 11) is 0. The Morgan fingerprint density at radius 1 is 1.16 bits per heavy atom. The molecule has 1 amide bonds.